The van der Waals surface area contributed by atoms with Crippen molar-refractivity contribution in [3.63, 3.8) is 0 Å². The van der Waals surface area contributed by atoms with Gasteiger partial charge in [-0.05, 0) is 23.3 Å². The second kappa shape index (κ2) is 6.88. The zero-order valence-corrected chi connectivity index (χ0v) is 13.1. The van der Waals surface area contributed by atoms with Gasteiger partial charge in [-0.1, -0.05) is 54.6 Å². The maximum Gasteiger partial charge on any atom is 0.269 e. The molecule has 0 radical (unpaired) electrons. The summed E-state index contributed by atoms with van der Waals surface area (Å²) in [5.41, 5.74) is 2.24. The third-order valence-electron chi connectivity index (χ3n) is 3.80. The minimum absolute atomic E-state index is 0.128. The van der Waals surface area contributed by atoms with Crippen LogP contribution in [0, 0.1) is 10.1 Å². The van der Waals surface area contributed by atoms with E-state index < -0.39 is 16.5 Å². The molecule has 0 aliphatic heterocycles. The number of nitrogens with zero attached hydrogens (tertiary/aromatic N) is 1. The smallest absolute Gasteiger partial charge is 0.269 e. The summed E-state index contributed by atoms with van der Waals surface area (Å²) in [6.07, 6.45) is 0. The second-order valence-corrected chi connectivity index (χ2v) is 5.41. The largest absolute Gasteiger partial charge is 0.285 e. The molecule has 0 N–H and O–H groups in total. The van der Waals surface area contributed by atoms with E-state index >= 15 is 0 Å². The van der Waals surface area contributed by atoms with Crippen LogP contribution in [0.2, 0.25) is 0 Å². The standard InChI is InChI=1S/C20H13NO4/c22-19(20(23)17-10-12-18(13-11-17)21(24)25)16-8-6-15(7-9-16)14-4-2-1-3-5-14/h1-13H. The first-order chi connectivity index (χ1) is 12.1. The Kier molecular flexibility index (Phi) is 4.48. The van der Waals surface area contributed by atoms with E-state index in [9.17, 15) is 19.7 Å². The highest BCUT2D eigenvalue weighted by Crippen LogP contribution is 2.20. The van der Waals surface area contributed by atoms with Crippen molar-refractivity contribution in [1.82, 2.24) is 0 Å². The number of hydrogen-bond donors (Lipinski definition) is 0. The molecule has 3 aromatic carbocycles. The van der Waals surface area contributed by atoms with Gasteiger partial charge in [-0.3, -0.25) is 19.7 Å². The molecule has 0 fully saturated rings. The summed E-state index contributed by atoms with van der Waals surface area (Å²) in [4.78, 5) is 34.7. The molecule has 0 aliphatic rings. The Morgan fingerprint density at radius 2 is 1.08 bits per heavy atom. The number of carbonyl (C=O) groups is 2. The highest BCUT2D eigenvalue weighted by molar-refractivity contribution is 6.49. The molecule has 0 amide bonds. The lowest BCUT2D eigenvalue weighted by Crippen LogP contribution is -2.14. The van der Waals surface area contributed by atoms with Crippen LogP contribution in [0.25, 0.3) is 11.1 Å². The summed E-state index contributed by atoms with van der Waals surface area (Å²) in [5.74, 6) is -1.34. The lowest BCUT2D eigenvalue weighted by molar-refractivity contribution is -0.384. The number of carbonyl (C=O) groups excluding carboxylic acids is 2. The van der Waals surface area contributed by atoms with Gasteiger partial charge in [0.15, 0.2) is 0 Å². The van der Waals surface area contributed by atoms with Crippen LogP contribution < -0.4 is 0 Å². The molecule has 5 heteroatoms. The third-order valence-corrected chi connectivity index (χ3v) is 3.80. The Labute approximate surface area is 143 Å². The summed E-state index contributed by atoms with van der Waals surface area (Å²) in [6.45, 7) is 0. The monoisotopic (exact) mass is 331 g/mol. The van der Waals surface area contributed by atoms with Gasteiger partial charge in [-0.15, -0.1) is 0 Å². The van der Waals surface area contributed by atoms with Gasteiger partial charge < -0.3 is 0 Å². The van der Waals surface area contributed by atoms with Crippen LogP contribution in [0.5, 0.6) is 0 Å². The zero-order chi connectivity index (χ0) is 17.8. The fourth-order valence-electron chi connectivity index (χ4n) is 2.44. The maximum absolute atomic E-state index is 12.3. The number of nitro groups is 1. The maximum atomic E-state index is 12.3. The molecule has 0 saturated carbocycles. The molecule has 0 heterocycles. The van der Waals surface area contributed by atoms with Gasteiger partial charge >= 0.3 is 0 Å². The Bertz CT molecular complexity index is 930. The van der Waals surface area contributed by atoms with E-state index in [-0.39, 0.29) is 16.8 Å². The lowest BCUT2D eigenvalue weighted by Gasteiger charge is -2.04. The molecule has 122 valence electrons. The zero-order valence-electron chi connectivity index (χ0n) is 13.1. The summed E-state index contributed by atoms with van der Waals surface area (Å²) in [6, 6.07) is 21.5. The Morgan fingerprint density at radius 1 is 0.640 bits per heavy atom. The van der Waals surface area contributed by atoms with Crippen LogP contribution >= 0.6 is 0 Å². The van der Waals surface area contributed by atoms with E-state index in [4.69, 9.17) is 0 Å². The fourth-order valence-corrected chi connectivity index (χ4v) is 2.44. The number of non-ortho nitro benzene ring substituents is 1. The van der Waals surface area contributed by atoms with E-state index in [1.54, 1.807) is 24.3 Å². The van der Waals surface area contributed by atoms with Crippen molar-refractivity contribution in [1.29, 1.82) is 0 Å². The molecule has 3 rings (SSSR count). The molecule has 5 nitrogen and oxygen atoms in total. The first-order valence-corrected chi connectivity index (χ1v) is 7.55. The molecule has 0 saturated heterocycles. The van der Waals surface area contributed by atoms with Gasteiger partial charge in [0.05, 0.1) is 4.92 Å². The summed E-state index contributed by atoms with van der Waals surface area (Å²) in [5, 5.41) is 10.6. The summed E-state index contributed by atoms with van der Waals surface area (Å²) >= 11 is 0. The number of hydrogen-bond acceptors (Lipinski definition) is 4. The molecule has 0 bridgehead atoms. The minimum atomic E-state index is -0.692. The molecule has 3 aromatic rings. The summed E-state index contributed by atoms with van der Waals surface area (Å²) in [7, 11) is 0. The highest BCUT2D eigenvalue weighted by atomic mass is 16.6. The lowest BCUT2D eigenvalue weighted by atomic mass is 9.98. The molecule has 0 spiro atoms. The van der Waals surface area contributed by atoms with Crippen molar-refractivity contribution in [2.45, 2.75) is 0 Å². The third kappa shape index (κ3) is 3.50. The number of ketones is 2. The van der Waals surface area contributed by atoms with Crippen molar-refractivity contribution in [2.75, 3.05) is 0 Å². The van der Waals surface area contributed by atoms with Gasteiger partial charge in [-0.2, -0.15) is 0 Å². The van der Waals surface area contributed by atoms with Crippen LogP contribution in [-0.2, 0) is 0 Å². The van der Waals surface area contributed by atoms with Crippen molar-refractivity contribution >= 4 is 17.3 Å². The molecule has 0 unspecified atom stereocenters. The van der Waals surface area contributed by atoms with Crippen molar-refractivity contribution in [3.05, 3.63) is 100 Å². The van der Waals surface area contributed by atoms with E-state index in [1.807, 2.05) is 30.3 Å². The van der Waals surface area contributed by atoms with Crippen LogP contribution in [-0.4, -0.2) is 16.5 Å². The normalized spacial score (nSPS) is 10.2. The van der Waals surface area contributed by atoms with E-state index in [1.165, 1.54) is 24.3 Å². The van der Waals surface area contributed by atoms with Gasteiger partial charge in [0.2, 0.25) is 11.6 Å². The van der Waals surface area contributed by atoms with E-state index in [0.29, 0.717) is 0 Å². The average Bonchev–Trinajstić information content (AvgIpc) is 2.67. The Hall–Kier alpha value is -3.60. The molecule has 0 atom stereocenters. The number of rotatable bonds is 5. The van der Waals surface area contributed by atoms with Gasteiger partial charge in [0.25, 0.3) is 5.69 Å². The second-order valence-electron chi connectivity index (χ2n) is 5.41. The predicted molar refractivity (Wildman–Crippen MR) is 93.6 cm³/mol. The SMILES string of the molecule is O=C(C(=O)c1ccc([N+](=O)[O-])cc1)c1ccc(-c2ccccc2)cc1. The first-order valence-electron chi connectivity index (χ1n) is 7.55. The number of benzene rings is 3. The minimum Gasteiger partial charge on any atom is -0.285 e. The molecular weight excluding hydrogens is 318 g/mol. The topological polar surface area (TPSA) is 77.3 Å². The quantitative estimate of drug-likeness (QED) is 0.302. The molecule has 0 aliphatic carbocycles. The number of Topliss-reactive ketones (excluding diaryl/α,β-unsaturated/α-hetero) is 2. The highest BCUT2D eigenvalue weighted by Gasteiger charge is 2.19. The van der Waals surface area contributed by atoms with Crippen LogP contribution in [0.15, 0.2) is 78.9 Å². The average molecular weight is 331 g/mol. The van der Waals surface area contributed by atoms with Crippen LogP contribution in [0.3, 0.4) is 0 Å². The summed E-state index contributed by atoms with van der Waals surface area (Å²) < 4.78 is 0. The fraction of sp³-hybridized carbons (Fsp3) is 0. The molecule has 0 aromatic heterocycles. The Balaban J connectivity index is 1.80. The van der Waals surface area contributed by atoms with Crippen LogP contribution in [0.4, 0.5) is 5.69 Å². The van der Waals surface area contributed by atoms with Crippen molar-refractivity contribution in [2.24, 2.45) is 0 Å². The van der Waals surface area contributed by atoms with E-state index in [0.717, 1.165) is 11.1 Å². The molecule has 25 heavy (non-hydrogen) atoms. The first kappa shape index (κ1) is 16.3. The Morgan fingerprint density at radius 3 is 1.56 bits per heavy atom. The van der Waals surface area contributed by atoms with Crippen molar-refractivity contribution in [3.8, 4) is 11.1 Å². The van der Waals surface area contributed by atoms with Crippen LogP contribution in [0.1, 0.15) is 20.7 Å². The van der Waals surface area contributed by atoms with E-state index in [2.05, 4.69) is 0 Å². The van der Waals surface area contributed by atoms with Gasteiger partial charge in [0.1, 0.15) is 0 Å². The van der Waals surface area contributed by atoms with Crippen molar-refractivity contribution < 1.29 is 14.5 Å². The van der Waals surface area contributed by atoms with Gasteiger partial charge in [0, 0.05) is 23.3 Å². The molecular formula is C20H13NO4. The number of nitro benzene ring substituents is 1. The predicted octanol–water partition coefficient (Wildman–Crippen LogP) is 4.33. The van der Waals surface area contributed by atoms with Gasteiger partial charge in [-0.25, -0.2) is 0 Å².